The van der Waals surface area contributed by atoms with E-state index in [0.29, 0.717) is 6.42 Å². The average Bonchev–Trinajstić information content (AvgIpc) is 2.17. The number of amides is 1. The van der Waals surface area contributed by atoms with Crippen molar-refractivity contribution in [2.24, 2.45) is 5.73 Å². The van der Waals surface area contributed by atoms with Gasteiger partial charge in [0.1, 0.15) is 0 Å². The van der Waals surface area contributed by atoms with Crippen molar-refractivity contribution < 1.29 is 4.79 Å². The monoisotopic (exact) mass is 283 g/mol. The zero-order chi connectivity index (χ0) is 12.3. The van der Waals surface area contributed by atoms with Gasteiger partial charge >= 0.3 is 0 Å². The van der Waals surface area contributed by atoms with E-state index in [2.05, 4.69) is 61.0 Å². The van der Waals surface area contributed by atoms with Gasteiger partial charge in [0.2, 0.25) is 5.91 Å². The molecular weight excluding hydrogens is 266 g/mol. The van der Waals surface area contributed by atoms with Crippen LogP contribution in [0.5, 0.6) is 0 Å². The first-order chi connectivity index (χ1) is 7.30. The average molecular weight is 284 g/mol. The summed E-state index contributed by atoms with van der Waals surface area (Å²) in [4.78, 5) is 10.6. The minimum atomic E-state index is -0.320. The van der Waals surface area contributed by atoms with Crippen LogP contribution in [0.3, 0.4) is 0 Å². The Kier molecular flexibility index (Phi) is 4.14. The van der Waals surface area contributed by atoms with E-state index in [1.807, 2.05) is 0 Å². The van der Waals surface area contributed by atoms with E-state index < -0.39 is 0 Å². The number of hydrogen-bond acceptors (Lipinski definition) is 1. The maximum atomic E-state index is 10.9. The molecule has 0 aliphatic heterocycles. The molecule has 3 heteroatoms. The molecule has 88 valence electrons. The standard InChI is InChI=1S/C13H18BrNO/c1-13(2,3)10-6-4-9(5-7-10)8-11(14)12(15)16/h4-7,11H,8H2,1-3H3,(H2,15,16). The molecule has 0 aliphatic rings. The van der Waals surface area contributed by atoms with E-state index in [0.717, 1.165) is 5.56 Å². The Morgan fingerprint density at radius 1 is 1.31 bits per heavy atom. The fourth-order valence-electron chi connectivity index (χ4n) is 1.45. The van der Waals surface area contributed by atoms with E-state index in [-0.39, 0.29) is 16.1 Å². The Morgan fingerprint density at radius 3 is 2.19 bits per heavy atom. The quantitative estimate of drug-likeness (QED) is 0.852. The third-order valence-corrected chi connectivity index (χ3v) is 3.32. The van der Waals surface area contributed by atoms with Gasteiger partial charge in [0.25, 0.3) is 0 Å². The number of carbonyl (C=O) groups is 1. The summed E-state index contributed by atoms with van der Waals surface area (Å²) in [6.45, 7) is 6.54. The largest absolute Gasteiger partial charge is 0.369 e. The normalized spacial score (nSPS) is 13.5. The van der Waals surface area contributed by atoms with Crippen molar-refractivity contribution in [3.05, 3.63) is 35.4 Å². The van der Waals surface area contributed by atoms with Crippen molar-refractivity contribution >= 4 is 21.8 Å². The molecule has 0 aromatic heterocycles. The highest BCUT2D eigenvalue weighted by Crippen LogP contribution is 2.22. The highest BCUT2D eigenvalue weighted by Gasteiger charge is 2.14. The number of carbonyl (C=O) groups excluding carboxylic acids is 1. The second-order valence-electron chi connectivity index (χ2n) is 5.02. The van der Waals surface area contributed by atoms with Gasteiger partial charge in [-0.25, -0.2) is 0 Å². The zero-order valence-electron chi connectivity index (χ0n) is 9.96. The Morgan fingerprint density at radius 2 is 1.81 bits per heavy atom. The van der Waals surface area contributed by atoms with Crippen LogP contribution in [0.4, 0.5) is 0 Å². The molecule has 1 aromatic rings. The lowest BCUT2D eigenvalue weighted by Crippen LogP contribution is -2.25. The number of rotatable bonds is 3. The van der Waals surface area contributed by atoms with E-state index >= 15 is 0 Å². The van der Waals surface area contributed by atoms with Crippen molar-refractivity contribution in [2.75, 3.05) is 0 Å². The number of alkyl halides is 1. The molecule has 0 fully saturated rings. The van der Waals surface area contributed by atoms with Crippen LogP contribution in [0.25, 0.3) is 0 Å². The molecule has 0 radical (unpaired) electrons. The summed E-state index contributed by atoms with van der Waals surface area (Å²) < 4.78 is 0. The van der Waals surface area contributed by atoms with E-state index in [4.69, 9.17) is 5.73 Å². The third kappa shape index (κ3) is 3.63. The van der Waals surface area contributed by atoms with Gasteiger partial charge < -0.3 is 5.73 Å². The summed E-state index contributed by atoms with van der Waals surface area (Å²) in [5, 5.41) is 0. The molecule has 0 bridgehead atoms. The molecular formula is C13H18BrNO. The van der Waals surface area contributed by atoms with Crippen molar-refractivity contribution in [3.8, 4) is 0 Å². The van der Waals surface area contributed by atoms with Crippen molar-refractivity contribution in [1.29, 1.82) is 0 Å². The first-order valence-corrected chi connectivity index (χ1v) is 6.25. The molecule has 0 spiro atoms. The molecule has 16 heavy (non-hydrogen) atoms. The van der Waals surface area contributed by atoms with Crippen LogP contribution in [-0.2, 0) is 16.6 Å². The summed E-state index contributed by atoms with van der Waals surface area (Å²) >= 11 is 3.26. The summed E-state index contributed by atoms with van der Waals surface area (Å²) in [5.74, 6) is -0.320. The van der Waals surface area contributed by atoms with E-state index in [1.165, 1.54) is 5.56 Å². The SMILES string of the molecule is CC(C)(C)c1ccc(CC(Br)C(N)=O)cc1. The number of halogens is 1. The Bertz CT molecular complexity index is 365. The Balaban J connectivity index is 2.76. The number of primary amides is 1. The fraction of sp³-hybridized carbons (Fsp3) is 0.462. The zero-order valence-corrected chi connectivity index (χ0v) is 11.5. The van der Waals surface area contributed by atoms with Gasteiger partial charge in [-0.15, -0.1) is 0 Å². The summed E-state index contributed by atoms with van der Waals surface area (Å²) in [5.41, 5.74) is 7.77. The second kappa shape index (κ2) is 5.00. The van der Waals surface area contributed by atoms with Crippen LogP contribution in [-0.4, -0.2) is 10.7 Å². The minimum absolute atomic E-state index is 0.163. The highest BCUT2D eigenvalue weighted by atomic mass is 79.9. The number of hydrogen-bond donors (Lipinski definition) is 1. The van der Waals surface area contributed by atoms with Crippen LogP contribution in [0.15, 0.2) is 24.3 Å². The lowest BCUT2D eigenvalue weighted by molar-refractivity contribution is -0.117. The Labute approximate surface area is 105 Å². The maximum absolute atomic E-state index is 10.9. The van der Waals surface area contributed by atoms with Crippen molar-refractivity contribution in [2.45, 2.75) is 37.4 Å². The minimum Gasteiger partial charge on any atom is -0.369 e. The van der Waals surface area contributed by atoms with E-state index in [9.17, 15) is 4.79 Å². The van der Waals surface area contributed by atoms with Crippen LogP contribution >= 0.6 is 15.9 Å². The third-order valence-electron chi connectivity index (χ3n) is 2.54. The molecule has 0 aliphatic carbocycles. The predicted molar refractivity (Wildman–Crippen MR) is 70.8 cm³/mol. The van der Waals surface area contributed by atoms with Gasteiger partial charge in [-0.1, -0.05) is 61.0 Å². The van der Waals surface area contributed by atoms with Crippen molar-refractivity contribution in [3.63, 3.8) is 0 Å². The van der Waals surface area contributed by atoms with Crippen LogP contribution < -0.4 is 5.73 Å². The number of nitrogens with two attached hydrogens (primary N) is 1. The number of benzene rings is 1. The second-order valence-corrected chi connectivity index (χ2v) is 6.13. The summed E-state index contributed by atoms with van der Waals surface area (Å²) in [6.07, 6.45) is 0.639. The van der Waals surface area contributed by atoms with Crippen LogP contribution in [0.1, 0.15) is 31.9 Å². The molecule has 1 rings (SSSR count). The molecule has 0 heterocycles. The van der Waals surface area contributed by atoms with Crippen molar-refractivity contribution in [1.82, 2.24) is 0 Å². The maximum Gasteiger partial charge on any atom is 0.231 e. The van der Waals surface area contributed by atoms with Gasteiger partial charge in [-0.2, -0.15) is 0 Å². The first-order valence-electron chi connectivity index (χ1n) is 5.33. The molecule has 1 unspecified atom stereocenters. The van der Waals surface area contributed by atoms with Crippen LogP contribution in [0, 0.1) is 0 Å². The Hall–Kier alpha value is -0.830. The predicted octanol–water partition coefficient (Wildman–Crippen LogP) is 2.78. The smallest absolute Gasteiger partial charge is 0.231 e. The topological polar surface area (TPSA) is 43.1 Å². The molecule has 2 N–H and O–H groups in total. The molecule has 1 aromatic carbocycles. The van der Waals surface area contributed by atoms with Gasteiger partial charge in [-0.3, -0.25) is 4.79 Å². The molecule has 0 saturated heterocycles. The highest BCUT2D eigenvalue weighted by molar-refractivity contribution is 9.10. The van der Waals surface area contributed by atoms with Gasteiger partial charge in [-0.05, 0) is 23.0 Å². The molecule has 1 amide bonds. The van der Waals surface area contributed by atoms with Gasteiger partial charge in [0.05, 0.1) is 4.83 Å². The summed E-state index contributed by atoms with van der Waals surface area (Å²) in [7, 11) is 0. The lowest BCUT2D eigenvalue weighted by Gasteiger charge is -2.19. The fourth-order valence-corrected chi connectivity index (χ4v) is 1.82. The lowest BCUT2D eigenvalue weighted by atomic mass is 9.86. The van der Waals surface area contributed by atoms with Gasteiger partial charge in [0, 0.05) is 0 Å². The molecule has 2 nitrogen and oxygen atoms in total. The van der Waals surface area contributed by atoms with Crippen LogP contribution in [0.2, 0.25) is 0 Å². The molecule has 1 atom stereocenters. The van der Waals surface area contributed by atoms with E-state index in [1.54, 1.807) is 0 Å². The molecule has 0 saturated carbocycles. The summed E-state index contributed by atoms with van der Waals surface area (Å²) in [6, 6.07) is 8.32. The first kappa shape index (κ1) is 13.2. The van der Waals surface area contributed by atoms with Gasteiger partial charge in [0.15, 0.2) is 0 Å².